The van der Waals surface area contributed by atoms with E-state index in [9.17, 15) is 19.8 Å². The molecule has 5 aromatic rings. The van der Waals surface area contributed by atoms with Gasteiger partial charge in [-0.3, -0.25) is 0 Å². The number of nitrogens with zero attached hydrogens (tertiary/aromatic N) is 3. The minimum atomic E-state index is -0.703. The molecule has 9 nitrogen and oxygen atoms in total. The second-order valence-electron chi connectivity index (χ2n) is 7.15. The third-order valence-corrected chi connectivity index (χ3v) is 5.65. The Labute approximate surface area is 183 Å². The summed E-state index contributed by atoms with van der Waals surface area (Å²) in [5.74, 6) is -0.0784. The van der Waals surface area contributed by atoms with E-state index in [1.165, 1.54) is 28.2 Å². The van der Waals surface area contributed by atoms with Gasteiger partial charge in [0, 0.05) is 16.8 Å². The van der Waals surface area contributed by atoms with Crippen molar-refractivity contribution in [3.05, 3.63) is 74.1 Å². The molecule has 0 atom stereocenters. The van der Waals surface area contributed by atoms with E-state index >= 15 is 0 Å². The van der Waals surface area contributed by atoms with Crippen molar-refractivity contribution in [1.82, 2.24) is 14.8 Å². The third kappa shape index (κ3) is 3.17. The van der Waals surface area contributed by atoms with Crippen molar-refractivity contribution in [2.24, 2.45) is 0 Å². The second kappa shape index (κ2) is 7.20. The smallest absolute Gasteiger partial charge is 0.349 e. The number of aryl methyl sites for hydroxylation is 2. The van der Waals surface area contributed by atoms with Crippen LogP contribution < -0.4 is 11.3 Å². The van der Waals surface area contributed by atoms with Gasteiger partial charge in [-0.25, -0.2) is 19.3 Å². The van der Waals surface area contributed by atoms with Gasteiger partial charge in [-0.2, -0.15) is 5.10 Å². The van der Waals surface area contributed by atoms with Crippen LogP contribution in [0.5, 0.6) is 11.5 Å². The third-order valence-electron chi connectivity index (χ3n) is 4.83. The molecule has 0 saturated heterocycles. The largest absolute Gasteiger partial charge is 0.507 e. The Balaban J connectivity index is 1.67. The van der Waals surface area contributed by atoms with Crippen molar-refractivity contribution in [2.45, 2.75) is 13.8 Å². The van der Waals surface area contributed by atoms with Gasteiger partial charge in [0.1, 0.15) is 17.1 Å². The summed E-state index contributed by atoms with van der Waals surface area (Å²) >= 11 is 1.18. The zero-order chi connectivity index (χ0) is 22.6. The first kappa shape index (κ1) is 19.8. The SMILES string of the molecule is Cc1cc(-c2cc3cccc(O)c3oc2=O)n(-c2nc(-c3c(O)cc(C)oc3=O)cs2)n1. The van der Waals surface area contributed by atoms with Gasteiger partial charge in [0.05, 0.1) is 22.6 Å². The van der Waals surface area contributed by atoms with E-state index in [2.05, 4.69) is 10.1 Å². The Hall–Kier alpha value is -4.18. The van der Waals surface area contributed by atoms with E-state index in [1.807, 2.05) is 0 Å². The molecule has 160 valence electrons. The van der Waals surface area contributed by atoms with E-state index in [1.54, 1.807) is 43.5 Å². The molecule has 0 fully saturated rings. The summed E-state index contributed by atoms with van der Waals surface area (Å²) in [6.45, 7) is 3.33. The fraction of sp³-hybridized carbons (Fsp3) is 0.0909. The van der Waals surface area contributed by atoms with Gasteiger partial charge < -0.3 is 19.0 Å². The maximum atomic E-state index is 12.7. The normalized spacial score (nSPS) is 11.3. The summed E-state index contributed by atoms with van der Waals surface area (Å²) in [6, 6.07) is 9.47. The zero-order valence-electron chi connectivity index (χ0n) is 16.8. The van der Waals surface area contributed by atoms with Crippen LogP contribution in [-0.2, 0) is 0 Å². The number of para-hydroxylation sites is 1. The summed E-state index contributed by atoms with van der Waals surface area (Å²) < 4.78 is 11.9. The van der Waals surface area contributed by atoms with Gasteiger partial charge in [-0.05, 0) is 32.0 Å². The van der Waals surface area contributed by atoms with Gasteiger partial charge in [0.25, 0.3) is 0 Å². The lowest BCUT2D eigenvalue weighted by molar-refractivity contribution is 0.438. The molecule has 5 rings (SSSR count). The van der Waals surface area contributed by atoms with Gasteiger partial charge in [-0.15, -0.1) is 11.3 Å². The molecular formula is C22H15N3O6S. The first-order chi connectivity index (χ1) is 15.3. The molecule has 0 unspecified atom stereocenters. The lowest BCUT2D eigenvalue weighted by atomic mass is 10.1. The first-order valence-corrected chi connectivity index (χ1v) is 10.3. The Kier molecular flexibility index (Phi) is 4.45. The number of fused-ring (bicyclic) bond motifs is 1. The molecule has 0 bridgehead atoms. The van der Waals surface area contributed by atoms with Crippen molar-refractivity contribution < 1.29 is 19.0 Å². The molecule has 1 aromatic carbocycles. The molecule has 2 N–H and O–H groups in total. The molecule has 0 spiro atoms. The average molecular weight is 449 g/mol. The molecule has 0 aliphatic carbocycles. The number of hydrogen-bond donors (Lipinski definition) is 2. The molecule has 4 aromatic heterocycles. The number of aromatic nitrogens is 3. The Bertz CT molecular complexity index is 1630. The lowest BCUT2D eigenvalue weighted by Crippen LogP contribution is -2.08. The van der Waals surface area contributed by atoms with E-state index in [0.717, 1.165) is 0 Å². The van der Waals surface area contributed by atoms with Crippen molar-refractivity contribution in [3.8, 4) is 39.1 Å². The zero-order valence-corrected chi connectivity index (χ0v) is 17.6. The highest BCUT2D eigenvalue weighted by Gasteiger charge is 2.20. The fourth-order valence-corrected chi connectivity index (χ4v) is 4.23. The monoisotopic (exact) mass is 449 g/mol. The summed E-state index contributed by atoms with van der Waals surface area (Å²) in [5, 5.41) is 27.1. The van der Waals surface area contributed by atoms with Crippen LogP contribution in [0.1, 0.15) is 11.5 Å². The van der Waals surface area contributed by atoms with Gasteiger partial charge in [0.2, 0.25) is 5.13 Å². The minimum absolute atomic E-state index is 0.0516. The quantitative estimate of drug-likeness (QED) is 0.398. The van der Waals surface area contributed by atoms with Gasteiger partial charge >= 0.3 is 11.3 Å². The number of thiazole rings is 1. The molecule has 32 heavy (non-hydrogen) atoms. The second-order valence-corrected chi connectivity index (χ2v) is 7.98. The number of phenols is 1. The van der Waals surface area contributed by atoms with Crippen LogP contribution in [0.2, 0.25) is 0 Å². The Morgan fingerprint density at radius 1 is 1.00 bits per heavy atom. The van der Waals surface area contributed by atoms with Gasteiger partial charge in [0.15, 0.2) is 11.3 Å². The standard InChI is InChI=1S/C22H15N3O6S/c1-10-6-15(13-8-12-4-3-5-16(26)19(12)31-20(13)28)25(24-10)22-23-14(9-32-22)18-17(27)7-11(2)30-21(18)29/h3-9,26-27H,1-2H3. The molecule has 0 amide bonds. The number of phenolic OH excluding ortho intramolecular Hbond substituents is 1. The summed E-state index contributed by atoms with van der Waals surface area (Å²) in [6.07, 6.45) is 0. The minimum Gasteiger partial charge on any atom is -0.507 e. The van der Waals surface area contributed by atoms with Crippen molar-refractivity contribution >= 4 is 22.3 Å². The van der Waals surface area contributed by atoms with E-state index in [0.29, 0.717) is 21.9 Å². The highest BCUT2D eigenvalue weighted by Crippen LogP contribution is 2.32. The molecule has 0 aliphatic rings. The van der Waals surface area contributed by atoms with E-state index in [-0.39, 0.29) is 39.7 Å². The van der Waals surface area contributed by atoms with E-state index < -0.39 is 11.3 Å². The number of rotatable bonds is 3. The topological polar surface area (TPSA) is 132 Å². The maximum Gasteiger partial charge on any atom is 0.349 e. The number of aromatic hydroxyl groups is 2. The summed E-state index contributed by atoms with van der Waals surface area (Å²) in [4.78, 5) is 29.4. The highest BCUT2D eigenvalue weighted by atomic mass is 32.1. The van der Waals surface area contributed by atoms with E-state index in [4.69, 9.17) is 8.83 Å². The molecule has 0 aliphatic heterocycles. The van der Waals surface area contributed by atoms with Crippen LogP contribution in [0, 0.1) is 13.8 Å². The average Bonchev–Trinajstić information content (AvgIpc) is 3.34. The van der Waals surface area contributed by atoms with Crippen LogP contribution in [0.25, 0.3) is 38.6 Å². The summed E-state index contributed by atoms with van der Waals surface area (Å²) in [7, 11) is 0. The highest BCUT2D eigenvalue weighted by molar-refractivity contribution is 7.12. The lowest BCUT2D eigenvalue weighted by Gasteiger charge is -2.05. The van der Waals surface area contributed by atoms with Crippen LogP contribution in [0.4, 0.5) is 0 Å². The van der Waals surface area contributed by atoms with Gasteiger partial charge in [-0.1, -0.05) is 12.1 Å². The Morgan fingerprint density at radius 2 is 1.81 bits per heavy atom. The van der Waals surface area contributed by atoms with Crippen molar-refractivity contribution in [1.29, 1.82) is 0 Å². The van der Waals surface area contributed by atoms with Crippen LogP contribution >= 0.6 is 11.3 Å². The Morgan fingerprint density at radius 3 is 2.59 bits per heavy atom. The molecular weight excluding hydrogens is 434 g/mol. The predicted molar refractivity (Wildman–Crippen MR) is 117 cm³/mol. The number of hydrogen-bond acceptors (Lipinski definition) is 9. The molecule has 4 heterocycles. The maximum absolute atomic E-state index is 12.7. The fourth-order valence-electron chi connectivity index (χ4n) is 3.45. The first-order valence-electron chi connectivity index (χ1n) is 9.44. The predicted octanol–water partition coefficient (Wildman–Crippen LogP) is 3.75. The van der Waals surface area contributed by atoms with Crippen molar-refractivity contribution in [2.75, 3.05) is 0 Å². The van der Waals surface area contributed by atoms with Crippen LogP contribution in [0.15, 0.2) is 60.2 Å². The van der Waals surface area contributed by atoms with Crippen LogP contribution in [-0.4, -0.2) is 25.0 Å². The number of benzene rings is 1. The molecule has 0 saturated carbocycles. The van der Waals surface area contributed by atoms with Crippen LogP contribution in [0.3, 0.4) is 0 Å². The van der Waals surface area contributed by atoms with Crippen molar-refractivity contribution in [3.63, 3.8) is 0 Å². The summed E-state index contributed by atoms with van der Waals surface area (Å²) in [5.41, 5.74) is 0.225. The molecule has 0 radical (unpaired) electrons. The molecule has 10 heteroatoms.